The fraction of sp³-hybridized carbons (Fsp3) is 0.391. The van der Waals surface area contributed by atoms with E-state index in [1.54, 1.807) is 0 Å². The summed E-state index contributed by atoms with van der Waals surface area (Å²) in [5, 5.41) is 0.333. The highest BCUT2D eigenvalue weighted by Crippen LogP contribution is 2.51. The largest absolute Gasteiger partial charge is 0.295 e. The maximum absolute atomic E-state index is 12.4. The van der Waals surface area contributed by atoms with Gasteiger partial charge < -0.3 is 0 Å². The SMILES string of the molecule is [B]CC(=O)c1ccc(-c2ccc(C(=O)CBr)cc2)c2c1CC1(CCCC1)C2. The van der Waals surface area contributed by atoms with Crippen molar-refractivity contribution in [1.29, 1.82) is 0 Å². The summed E-state index contributed by atoms with van der Waals surface area (Å²) in [5.41, 5.74) is 6.69. The number of rotatable bonds is 5. The molecule has 4 rings (SSSR count). The van der Waals surface area contributed by atoms with E-state index in [0.29, 0.717) is 10.7 Å². The molecule has 1 fully saturated rings. The Hall–Kier alpha value is -1.68. The van der Waals surface area contributed by atoms with Gasteiger partial charge >= 0.3 is 0 Å². The normalized spacial score (nSPS) is 17.2. The number of halogens is 1. The average Bonchev–Trinajstić information content (AvgIpc) is 3.32. The molecule has 0 N–H and O–H groups in total. The number of hydrogen-bond acceptors (Lipinski definition) is 2. The van der Waals surface area contributed by atoms with Crippen molar-refractivity contribution in [3.05, 3.63) is 58.7 Å². The highest BCUT2D eigenvalue weighted by Gasteiger charge is 2.41. The lowest BCUT2D eigenvalue weighted by molar-refractivity contribution is 0.101. The van der Waals surface area contributed by atoms with Gasteiger partial charge in [-0.2, -0.15) is 0 Å². The Balaban J connectivity index is 1.78. The Bertz CT molecular complexity index is 895. The van der Waals surface area contributed by atoms with Crippen LogP contribution in [0.1, 0.15) is 57.5 Å². The number of benzene rings is 2. The summed E-state index contributed by atoms with van der Waals surface area (Å²) in [6.45, 7) is 0. The smallest absolute Gasteiger partial charge is 0.173 e. The molecule has 0 aliphatic heterocycles. The Morgan fingerprint density at radius 1 is 0.926 bits per heavy atom. The second-order valence-corrected chi connectivity index (χ2v) is 8.50. The molecular weight excluding hydrogens is 399 g/mol. The maximum Gasteiger partial charge on any atom is 0.173 e. The second-order valence-electron chi connectivity index (χ2n) is 7.94. The molecule has 136 valence electrons. The first kappa shape index (κ1) is 18.7. The van der Waals surface area contributed by atoms with Gasteiger partial charge in [-0.1, -0.05) is 65.2 Å². The summed E-state index contributed by atoms with van der Waals surface area (Å²) in [6.07, 6.45) is 7.16. The van der Waals surface area contributed by atoms with Gasteiger partial charge in [-0.05, 0) is 59.7 Å². The van der Waals surface area contributed by atoms with Gasteiger partial charge in [0.25, 0.3) is 0 Å². The molecule has 1 saturated carbocycles. The van der Waals surface area contributed by atoms with Crippen molar-refractivity contribution in [2.24, 2.45) is 5.41 Å². The van der Waals surface area contributed by atoms with E-state index in [0.717, 1.165) is 29.5 Å². The van der Waals surface area contributed by atoms with Crippen LogP contribution < -0.4 is 0 Å². The summed E-state index contributed by atoms with van der Waals surface area (Å²) in [6, 6.07) is 11.9. The molecule has 0 amide bonds. The topological polar surface area (TPSA) is 34.1 Å². The molecule has 2 nitrogen and oxygen atoms in total. The first-order chi connectivity index (χ1) is 13.1. The van der Waals surface area contributed by atoms with Crippen molar-refractivity contribution in [3.8, 4) is 11.1 Å². The van der Waals surface area contributed by atoms with Crippen LogP contribution in [-0.4, -0.2) is 24.7 Å². The van der Waals surface area contributed by atoms with Crippen molar-refractivity contribution in [1.82, 2.24) is 0 Å². The third-order valence-electron chi connectivity index (χ3n) is 6.32. The van der Waals surface area contributed by atoms with E-state index in [-0.39, 0.29) is 17.9 Å². The highest BCUT2D eigenvalue weighted by atomic mass is 79.9. The predicted molar refractivity (Wildman–Crippen MR) is 113 cm³/mol. The van der Waals surface area contributed by atoms with Crippen LogP contribution in [0.5, 0.6) is 0 Å². The van der Waals surface area contributed by atoms with E-state index in [2.05, 4.69) is 22.0 Å². The van der Waals surface area contributed by atoms with Gasteiger partial charge in [0.2, 0.25) is 0 Å². The molecule has 0 bridgehead atoms. The van der Waals surface area contributed by atoms with E-state index in [9.17, 15) is 9.59 Å². The fourth-order valence-electron chi connectivity index (χ4n) is 4.94. The zero-order valence-corrected chi connectivity index (χ0v) is 17.0. The van der Waals surface area contributed by atoms with Crippen LogP contribution in [0.15, 0.2) is 36.4 Å². The molecule has 0 saturated heterocycles. The van der Waals surface area contributed by atoms with Gasteiger partial charge in [0.15, 0.2) is 11.6 Å². The first-order valence-electron chi connectivity index (χ1n) is 9.64. The molecule has 2 radical (unpaired) electrons. The van der Waals surface area contributed by atoms with Crippen LogP contribution in [-0.2, 0) is 12.8 Å². The van der Waals surface area contributed by atoms with Gasteiger partial charge in [0.1, 0.15) is 0 Å². The summed E-state index contributed by atoms with van der Waals surface area (Å²) in [7, 11) is 5.67. The molecule has 2 aliphatic rings. The molecule has 1 spiro atoms. The number of carbonyl (C=O) groups is 2. The molecule has 27 heavy (non-hydrogen) atoms. The molecule has 0 unspecified atom stereocenters. The second kappa shape index (κ2) is 7.39. The minimum atomic E-state index is 0.0334. The van der Waals surface area contributed by atoms with Crippen LogP contribution in [0.3, 0.4) is 0 Å². The van der Waals surface area contributed by atoms with Crippen LogP contribution in [0, 0.1) is 5.41 Å². The van der Waals surface area contributed by atoms with Crippen LogP contribution >= 0.6 is 15.9 Å². The number of Topliss-reactive ketones (excluding diaryl/α,β-unsaturated/α-hetero) is 2. The van der Waals surface area contributed by atoms with Gasteiger partial charge in [0, 0.05) is 11.1 Å². The van der Waals surface area contributed by atoms with E-state index in [4.69, 9.17) is 7.85 Å². The highest BCUT2D eigenvalue weighted by molar-refractivity contribution is 9.09. The lowest BCUT2D eigenvalue weighted by Crippen LogP contribution is -2.16. The first-order valence-corrected chi connectivity index (χ1v) is 10.8. The van der Waals surface area contributed by atoms with Gasteiger partial charge in [0.05, 0.1) is 13.2 Å². The zero-order valence-electron chi connectivity index (χ0n) is 15.4. The van der Waals surface area contributed by atoms with E-state index < -0.39 is 0 Å². The standard InChI is InChI=1S/C23H22BBrO2/c24-13-21(26)18-8-7-17(15-3-5-16(6-4-15)22(27)14-25)19-11-23(12-20(18)19)9-1-2-10-23/h3-8H,1-2,9-14H2. The number of fused-ring (bicyclic) bond motifs is 1. The number of alkyl halides is 1. The van der Waals surface area contributed by atoms with Gasteiger partial charge in [-0.15, -0.1) is 0 Å². The van der Waals surface area contributed by atoms with Crippen molar-refractivity contribution in [2.45, 2.75) is 44.8 Å². The van der Waals surface area contributed by atoms with Crippen LogP contribution in [0.2, 0.25) is 6.32 Å². The Morgan fingerprint density at radius 2 is 1.59 bits per heavy atom. The molecule has 2 aliphatic carbocycles. The number of hydrogen-bond donors (Lipinski definition) is 0. The minimum absolute atomic E-state index is 0.0334. The molecule has 4 heteroatoms. The van der Waals surface area contributed by atoms with E-state index >= 15 is 0 Å². The van der Waals surface area contributed by atoms with Crippen molar-refractivity contribution in [3.63, 3.8) is 0 Å². The summed E-state index contributed by atoms with van der Waals surface area (Å²) < 4.78 is 0. The third kappa shape index (κ3) is 3.33. The maximum atomic E-state index is 12.4. The molecule has 0 atom stereocenters. The Kier molecular flexibility index (Phi) is 5.11. The van der Waals surface area contributed by atoms with E-state index in [1.165, 1.54) is 42.4 Å². The Labute approximate surface area is 170 Å². The summed E-state index contributed by atoms with van der Waals surface area (Å²) in [4.78, 5) is 24.3. The van der Waals surface area contributed by atoms with Crippen LogP contribution in [0.25, 0.3) is 11.1 Å². The minimum Gasteiger partial charge on any atom is -0.295 e. The fourth-order valence-corrected chi connectivity index (χ4v) is 5.27. The molecule has 2 aromatic rings. The predicted octanol–water partition coefficient (Wildman–Crippen LogP) is 5.36. The lowest BCUT2D eigenvalue weighted by atomic mass is 9.82. The van der Waals surface area contributed by atoms with Gasteiger partial charge in [-0.3, -0.25) is 9.59 Å². The molecular formula is C23H22BBrO2. The monoisotopic (exact) mass is 420 g/mol. The van der Waals surface area contributed by atoms with Crippen molar-refractivity contribution >= 4 is 35.3 Å². The van der Waals surface area contributed by atoms with Gasteiger partial charge in [-0.25, -0.2) is 0 Å². The van der Waals surface area contributed by atoms with E-state index in [1.807, 2.05) is 30.3 Å². The average molecular weight is 421 g/mol. The summed E-state index contributed by atoms with van der Waals surface area (Å²) >= 11 is 3.23. The Morgan fingerprint density at radius 3 is 2.22 bits per heavy atom. The third-order valence-corrected chi connectivity index (χ3v) is 6.83. The van der Waals surface area contributed by atoms with Crippen molar-refractivity contribution in [2.75, 3.05) is 5.33 Å². The van der Waals surface area contributed by atoms with Crippen LogP contribution in [0.4, 0.5) is 0 Å². The quantitative estimate of drug-likeness (QED) is 0.370. The summed E-state index contributed by atoms with van der Waals surface area (Å²) in [5.74, 6) is 0.117. The number of ketones is 2. The van der Waals surface area contributed by atoms with Crippen molar-refractivity contribution < 1.29 is 9.59 Å². The lowest BCUT2D eigenvalue weighted by Gasteiger charge is -2.21. The molecule has 0 heterocycles. The molecule has 2 aromatic carbocycles. The molecule has 0 aromatic heterocycles. The number of carbonyl (C=O) groups excluding carboxylic acids is 2. The zero-order chi connectivity index (χ0) is 19.0.